The third kappa shape index (κ3) is 3.84. The van der Waals surface area contributed by atoms with Gasteiger partial charge in [-0.3, -0.25) is 4.98 Å². The summed E-state index contributed by atoms with van der Waals surface area (Å²) in [5, 5.41) is 0. The SMILES string of the molecule is Cc1ccc(-c2c(C)c(C3CCCCC3)nc(C3CCCCC3)c2C)cc1. The zero-order valence-corrected chi connectivity index (χ0v) is 17.5. The lowest BCUT2D eigenvalue weighted by Gasteiger charge is -2.29. The molecule has 1 heteroatoms. The van der Waals surface area contributed by atoms with Gasteiger partial charge in [0.05, 0.1) is 0 Å². The number of aromatic nitrogens is 1. The van der Waals surface area contributed by atoms with Crippen molar-refractivity contribution in [3.05, 3.63) is 52.3 Å². The normalized spacial score (nSPS) is 19.4. The summed E-state index contributed by atoms with van der Waals surface area (Å²) in [5.41, 5.74) is 9.94. The smallest absolute Gasteiger partial charge is 0.0473 e. The van der Waals surface area contributed by atoms with Crippen molar-refractivity contribution in [3.8, 4) is 11.1 Å². The molecule has 0 amide bonds. The number of nitrogens with zero attached hydrogens (tertiary/aromatic N) is 1. The Hall–Kier alpha value is -1.63. The van der Waals surface area contributed by atoms with Gasteiger partial charge < -0.3 is 0 Å². The second-order valence-corrected chi connectivity index (χ2v) is 9.04. The van der Waals surface area contributed by atoms with Gasteiger partial charge in [-0.25, -0.2) is 0 Å². The van der Waals surface area contributed by atoms with Crippen LogP contribution in [-0.4, -0.2) is 4.98 Å². The molecule has 1 heterocycles. The van der Waals surface area contributed by atoms with Crippen molar-refractivity contribution in [2.24, 2.45) is 0 Å². The topological polar surface area (TPSA) is 12.9 Å². The maximum atomic E-state index is 5.42. The minimum absolute atomic E-state index is 0.672. The van der Waals surface area contributed by atoms with Crippen LogP contribution in [0, 0.1) is 20.8 Å². The van der Waals surface area contributed by atoms with E-state index < -0.39 is 0 Å². The Morgan fingerprint density at radius 1 is 0.630 bits per heavy atom. The van der Waals surface area contributed by atoms with Crippen LogP contribution in [0.1, 0.15) is 104 Å². The van der Waals surface area contributed by atoms with E-state index in [0.717, 1.165) is 0 Å². The summed E-state index contributed by atoms with van der Waals surface area (Å²) >= 11 is 0. The Morgan fingerprint density at radius 2 is 1.07 bits per heavy atom. The lowest BCUT2D eigenvalue weighted by atomic mass is 9.79. The van der Waals surface area contributed by atoms with Crippen LogP contribution in [0.25, 0.3) is 11.1 Å². The average Bonchev–Trinajstić information content (AvgIpc) is 2.71. The van der Waals surface area contributed by atoms with Gasteiger partial charge in [-0.1, -0.05) is 68.4 Å². The molecule has 2 fully saturated rings. The maximum absolute atomic E-state index is 5.42. The van der Waals surface area contributed by atoms with Gasteiger partial charge >= 0.3 is 0 Å². The van der Waals surface area contributed by atoms with Crippen molar-refractivity contribution in [3.63, 3.8) is 0 Å². The maximum Gasteiger partial charge on any atom is 0.0473 e. The molecule has 27 heavy (non-hydrogen) atoms. The number of rotatable bonds is 3. The molecule has 0 aliphatic heterocycles. The highest BCUT2D eigenvalue weighted by Crippen LogP contribution is 2.42. The van der Waals surface area contributed by atoms with E-state index in [-0.39, 0.29) is 0 Å². The standard InChI is InChI=1S/C26H35N/c1-18-14-16-21(17-15-18)24-19(2)25(22-10-6-4-7-11-22)27-26(20(24)3)23-12-8-5-9-13-23/h14-17,22-23H,4-13H2,1-3H3. The largest absolute Gasteiger partial charge is 0.257 e. The highest BCUT2D eigenvalue weighted by molar-refractivity contribution is 5.73. The first-order valence-electron chi connectivity index (χ1n) is 11.2. The molecule has 1 aromatic heterocycles. The molecule has 0 unspecified atom stereocenters. The summed E-state index contributed by atoms with van der Waals surface area (Å²) in [6.07, 6.45) is 13.6. The van der Waals surface area contributed by atoms with Crippen molar-refractivity contribution in [1.82, 2.24) is 4.98 Å². The Morgan fingerprint density at radius 3 is 1.52 bits per heavy atom. The molecule has 0 N–H and O–H groups in total. The quantitative estimate of drug-likeness (QED) is 0.544. The molecule has 0 bridgehead atoms. The second-order valence-electron chi connectivity index (χ2n) is 9.04. The molecule has 1 aromatic carbocycles. The van der Waals surface area contributed by atoms with Crippen LogP contribution in [0.2, 0.25) is 0 Å². The van der Waals surface area contributed by atoms with Crippen molar-refractivity contribution in [2.45, 2.75) is 96.8 Å². The molecule has 0 atom stereocenters. The van der Waals surface area contributed by atoms with Gasteiger partial charge in [0.25, 0.3) is 0 Å². The van der Waals surface area contributed by atoms with Gasteiger partial charge in [0.1, 0.15) is 0 Å². The number of pyridine rings is 1. The Balaban J connectivity index is 1.85. The van der Waals surface area contributed by atoms with Gasteiger partial charge in [0.2, 0.25) is 0 Å². The lowest BCUT2D eigenvalue weighted by molar-refractivity contribution is 0.420. The summed E-state index contributed by atoms with van der Waals surface area (Å²) in [4.78, 5) is 5.42. The fourth-order valence-electron chi connectivity index (χ4n) is 5.54. The van der Waals surface area contributed by atoms with Crippen molar-refractivity contribution >= 4 is 0 Å². The van der Waals surface area contributed by atoms with E-state index >= 15 is 0 Å². The van der Waals surface area contributed by atoms with E-state index in [0.29, 0.717) is 11.8 Å². The first-order valence-corrected chi connectivity index (χ1v) is 11.2. The molecule has 2 aliphatic rings. The van der Waals surface area contributed by atoms with E-state index in [4.69, 9.17) is 4.98 Å². The van der Waals surface area contributed by atoms with E-state index in [1.807, 2.05) is 0 Å². The summed E-state index contributed by atoms with van der Waals surface area (Å²) in [5.74, 6) is 1.34. The summed E-state index contributed by atoms with van der Waals surface area (Å²) in [7, 11) is 0. The lowest BCUT2D eigenvalue weighted by Crippen LogP contribution is -2.16. The first-order chi connectivity index (χ1) is 13.1. The Kier molecular flexibility index (Phi) is 5.66. The molecule has 0 radical (unpaired) electrons. The third-order valence-electron chi connectivity index (χ3n) is 7.08. The Bertz CT molecular complexity index is 733. The van der Waals surface area contributed by atoms with Crippen molar-refractivity contribution in [1.29, 1.82) is 0 Å². The highest BCUT2D eigenvalue weighted by Gasteiger charge is 2.27. The summed E-state index contributed by atoms with van der Waals surface area (Å²) in [6, 6.07) is 9.16. The third-order valence-corrected chi connectivity index (χ3v) is 7.08. The summed E-state index contributed by atoms with van der Waals surface area (Å²) in [6.45, 7) is 6.85. The van der Waals surface area contributed by atoms with Crippen LogP contribution in [0.4, 0.5) is 0 Å². The molecule has 1 nitrogen and oxygen atoms in total. The molecule has 0 spiro atoms. The van der Waals surface area contributed by atoms with Gasteiger partial charge in [0.15, 0.2) is 0 Å². The number of hydrogen-bond acceptors (Lipinski definition) is 1. The molecular weight excluding hydrogens is 326 g/mol. The van der Waals surface area contributed by atoms with Crippen LogP contribution in [0.3, 0.4) is 0 Å². The van der Waals surface area contributed by atoms with Crippen molar-refractivity contribution < 1.29 is 0 Å². The number of benzene rings is 1. The van der Waals surface area contributed by atoms with Crippen LogP contribution in [0.5, 0.6) is 0 Å². The van der Waals surface area contributed by atoms with Crippen LogP contribution < -0.4 is 0 Å². The van der Waals surface area contributed by atoms with E-state index in [1.54, 1.807) is 0 Å². The van der Waals surface area contributed by atoms with Crippen LogP contribution in [-0.2, 0) is 0 Å². The van der Waals surface area contributed by atoms with Gasteiger partial charge in [-0.05, 0) is 68.7 Å². The predicted octanol–water partition coefficient (Wildman–Crippen LogP) is 7.77. The molecule has 144 valence electrons. The first kappa shape index (κ1) is 18.7. The number of hydrogen-bond donors (Lipinski definition) is 0. The summed E-state index contributed by atoms with van der Waals surface area (Å²) < 4.78 is 0. The zero-order valence-electron chi connectivity index (χ0n) is 17.5. The highest BCUT2D eigenvalue weighted by atomic mass is 14.7. The van der Waals surface area contributed by atoms with Gasteiger partial charge in [-0.2, -0.15) is 0 Å². The average molecular weight is 362 g/mol. The molecule has 0 saturated heterocycles. The van der Waals surface area contributed by atoms with Crippen LogP contribution in [0.15, 0.2) is 24.3 Å². The van der Waals surface area contributed by atoms with E-state index in [1.165, 1.54) is 103 Å². The molecule has 4 rings (SSSR count). The minimum atomic E-state index is 0.672. The molecular formula is C26H35N. The van der Waals surface area contributed by atoms with Gasteiger partial charge in [-0.15, -0.1) is 0 Å². The second kappa shape index (κ2) is 8.17. The van der Waals surface area contributed by atoms with E-state index in [9.17, 15) is 0 Å². The molecule has 2 saturated carbocycles. The predicted molar refractivity (Wildman–Crippen MR) is 116 cm³/mol. The fraction of sp³-hybridized carbons (Fsp3) is 0.577. The fourth-order valence-corrected chi connectivity index (χ4v) is 5.54. The van der Waals surface area contributed by atoms with Crippen LogP contribution >= 0.6 is 0 Å². The van der Waals surface area contributed by atoms with E-state index in [2.05, 4.69) is 45.0 Å². The minimum Gasteiger partial charge on any atom is -0.257 e. The van der Waals surface area contributed by atoms with Crippen molar-refractivity contribution in [2.75, 3.05) is 0 Å². The Labute approximate surface area is 165 Å². The van der Waals surface area contributed by atoms with Gasteiger partial charge in [0, 0.05) is 23.2 Å². The number of aryl methyl sites for hydroxylation is 1. The molecule has 2 aliphatic carbocycles. The molecule has 2 aromatic rings. The zero-order chi connectivity index (χ0) is 18.8. The monoisotopic (exact) mass is 361 g/mol.